The quantitative estimate of drug-likeness (QED) is 0.173. The fourth-order valence-corrected chi connectivity index (χ4v) is 12.5. The largest absolute Gasteiger partial charge is 0.309 e. The summed E-state index contributed by atoms with van der Waals surface area (Å²) < 4.78 is 9.79. The minimum atomic E-state index is 0.718. The van der Waals surface area contributed by atoms with Gasteiger partial charge in [-0.1, -0.05) is 140 Å². The van der Waals surface area contributed by atoms with Gasteiger partial charge in [-0.25, -0.2) is 9.97 Å². The molecule has 5 heterocycles. The molecule has 0 saturated heterocycles. The van der Waals surface area contributed by atoms with Crippen molar-refractivity contribution in [3.8, 4) is 45.1 Å². The molecule has 0 N–H and O–H groups in total. The van der Waals surface area contributed by atoms with Gasteiger partial charge in [0.2, 0.25) is 0 Å². The maximum atomic E-state index is 5.32. The van der Waals surface area contributed by atoms with E-state index in [4.69, 9.17) is 9.97 Å². The van der Waals surface area contributed by atoms with Crippen molar-refractivity contribution >= 4 is 107 Å². The van der Waals surface area contributed by atoms with E-state index in [2.05, 4.69) is 215 Å². The molecule has 0 amide bonds. The van der Waals surface area contributed by atoms with E-state index in [-0.39, 0.29) is 0 Å². The van der Waals surface area contributed by atoms with Crippen LogP contribution in [0.15, 0.2) is 206 Å². The normalized spacial score (nSPS) is 12.1. The number of aromatic nitrogens is 4. The number of nitrogens with zero attached hydrogens (tertiary/aromatic N) is 4. The predicted molar refractivity (Wildman–Crippen MR) is 273 cm³/mol. The molecular formula is C58H34N4S2. The Morgan fingerprint density at radius 1 is 0.359 bits per heavy atom. The molecule has 14 rings (SSSR count). The lowest BCUT2D eigenvalue weighted by molar-refractivity contribution is 1.17. The van der Waals surface area contributed by atoms with E-state index < -0.39 is 0 Å². The molecule has 0 aliphatic rings. The average Bonchev–Trinajstić information content (AvgIpc) is 4.12. The molecule has 0 atom stereocenters. The highest BCUT2D eigenvalue weighted by Gasteiger charge is 2.23. The molecule has 64 heavy (non-hydrogen) atoms. The summed E-state index contributed by atoms with van der Waals surface area (Å²) in [4.78, 5) is 10.6. The maximum Gasteiger partial charge on any atom is 0.160 e. The number of hydrogen-bond acceptors (Lipinski definition) is 4. The van der Waals surface area contributed by atoms with Gasteiger partial charge in [0, 0.05) is 69.6 Å². The third-order valence-electron chi connectivity index (χ3n) is 12.9. The predicted octanol–water partition coefficient (Wildman–Crippen LogP) is 16.4. The summed E-state index contributed by atoms with van der Waals surface area (Å²) in [6.45, 7) is 0. The second-order valence-electron chi connectivity index (χ2n) is 16.5. The zero-order valence-electron chi connectivity index (χ0n) is 34.2. The molecule has 0 aliphatic heterocycles. The fourth-order valence-electron chi connectivity index (χ4n) is 10.1. The van der Waals surface area contributed by atoms with Gasteiger partial charge in [0.1, 0.15) is 0 Å². The van der Waals surface area contributed by atoms with E-state index in [1.807, 2.05) is 11.3 Å². The lowest BCUT2D eigenvalue weighted by atomic mass is 9.95. The molecule has 6 heteroatoms. The standard InChI is InChI=1S/C58H34N4S2/c1-3-16-35(17-4-1)53-57-54(43-25-10-14-29-51(43)64-57)60-58(59-53)37-18-15-21-39(32-37)61-47-26-11-7-22-40(47)45-33-36(30-31-49(45)61)44-34-46-41-23-8-12-27-48(41)62(38-19-5-2-6-20-38)55(46)56-52(44)42-24-9-13-28-50(42)63-56/h1-34H. The van der Waals surface area contributed by atoms with Crippen LogP contribution in [0.1, 0.15) is 0 Å². The summed E-state index contributed by atoms with van der Waals surface area (Å²) in [5.74, 6) is 0.718. The van der Waals surface area contributed by atoms with E-state index in [0.29, 0.717) is 0 Å². The highest BCUT2D eigenvalue weighted by atomic mass is 32.1. The highest BCUT2D eigenvalue weighted by Crippen LogP contribution is 2.48. The topological polar surface area (TPSA) is 35.6 Å². The second-order valence-corrected chi connectivity index (χ2v) is 18.6. The smallest absolute Gasteiger partial charge is 0.160 e. The maximum absolute atomic E-state index is 5.32. The van der Waals surface area contributed by atoms with E-state index >= 15 is 0 Å². The van der Waals surface area contributed by atoms with Crippen molar-refractivity contribution in [3.63, 3.8) is 0 Å². The summed E-state index contributed by atoms with van der Waals surface area (Å²) in [7, 11) is 0. The molecule has 0 bridgehead atoms. The van der Waals surface area contributed by atoms with Crippen LogP contribution in [0.4, 0.5) is 0 Å². The van der Waals surface area contributed by atoms with E-state index in [1.165, 1.54) is 74.3 Å². The van der Waals surface area contributed by atoms with Crippen LogP contribution in [0.2, 0.25) is 0 Å². The van der Waals surface area contributed by atoms with Crippen molar-refractivity contribution in [2.24, 2.45) is 0 Å². The fraction of sp³-hybridized carbons (Fsp3) is 0. The van der Waals surface area contributed by atoms with E-state index in [1.54, 1.807) is 11.3 Å². The van der Waals surface area contributed by atoms with Crippen molar-refractivity contribution in [3.05, 3.63) is 206 Å². The lowest BCUT2D eigenvalue weighted by Gasteiger charge is -2.12. The number of rotatable bonds is 5. The Labute approximate surface area is 375 Å². The molecule has 14 aromatic rings. The Hall–Kier alpha value is -7.90. The first-order valence-corrected chi connectivity index (χ1v) is 23.2. The third-order valence-corrected chi connectivity index (χ3v) is 15.3. The van der Waals surface area contributed by atoms with Gasteiger partial charge < -0.3 is 9.13 Å². The van der Waals surface area contributed by atoms with Crippen LogP contribution in [-0.4, -0.2) is 19.1 Å². The van der Waals surface area contributed by atoms with Crippen LogP contribution in [0.3, 0.4) is 0 Å². The van der Waals surface area contributed by atoms with E-state index in [9.17, 15) is 0 Å². The Morgan fingerprint density at radius 2 is 0.953 bits per heavy atom. The van der Waals surface area contributed by atoms with Gasteiger partial charge in [0.25, 0.3) is 0 Å². The molecule has 4 nitrogen and oxygen atoms in total. The third kappa shape index (κ3) is 5.21. The first-order valence-electron chi connectivity index (χ1n) is 21.6. The summed E-state index contributed by atoms with van der Waals surface area (Å²) in [6, 6.07) is 74.7. The van der Waals surface area contributed by atoms with Crippen LogP contribution in [-0.2, 0) is 0 Å². The van der Waals surface area contributed by atoms with Crippen molar-refractivity contribution in [2.75, 3.05) is 0 Å². The molecule has 0 fully saturated rings. The lowest BCUT2D eigenvalue weighted by Crippen LogP contribution is -1.97. The molecule has 298 valence electrons. The van der Waals surface area contributed by atoms with Crippen molar-refractivity contribution in [1.29, 1.82) is 0 Å². The summed E-state index contributed by atoms with van der Waals surface area (Å²) in [5.41, 5.74) is 13.5. The second kappa shape index (κ2) is 13.8. The van der Waals surface area contributed by atoms with Crippen LogP contribution < -0.4 is 0 Å². The zero-order chi connectivity index (χ0) is 41.9. The number of hydrogen-bond donors (Lipinski definition) is 0. The van der Waals surface area contributed by atoms with Gasteiger partial charge >= 0.3 is 0 Å². The zero-order valence-corrected chi connectivity index (χ0v) is 35.9. The molecule has 0 unspecified atom stereocenters. The van der Waals surface area contributed by atoms with Gasteiger partial charge in [-0.2, -0.15) is 0 Å². The van der Waals surface area contributed by atoms with Gasteiger partial charge in [-0.15, -0.1) is 22.7 Å². The summed E-state index contributed by atoms with van der Waals surface area (Å²) >= 11 is 3.66. The number of para-hydroxylation sites is 3. The minimum Gasteiger partial charge on any atom is -0.309 e. The van der Waals surface area contributed by atoms with Crippen LogP contribution in [0, 0.1) is 0 Å². The number of fused-ring (bicyclic) bond motifs is 13. The van der Waals surface area contributed by atoms with E-state index in [0.717, 1.165) is 55.0 Å². The van der Waals surface area contributed by atoms with Gasteiger partial charge in [-0.05, 0) is 77.9 Å². The SMILES string of the molecule is c1ccc(-c2nc(-c3cccc(-n4c5ccccc5c5cc(-c6cc7c8ccccc8n(-c8ccccc8)c7c7sc8ccccc8c67)ccc54)c3)nc3c2sc2ccccc23)cc1. The van der Waals surface area contributed by atoms with Gasteiger partial charge in [0.15, 0.2) is 5.82 Å². The molecule has 0 spiro atoms. The first-order chi connectivity index (χ1) is 31.7. The minimum absolute atomic E-state index is 0.718. The van der Waals surface area contributed by atoms with Crippen LogP contribution in [0.25, 0.3) is 129 Å². The summed E-state index contributed by atoms with van der Waals surface area (Å²) in [5, 5.41) is 8.69. The summed E-state index contributed by atoms with van der Waals surface area (Å²) in [6.07, 6.45) is 0. The van der Waals surface area contributed by atoms with Gasteiger partial charge in [-0.3, -0.25) is 0 Å². The Balaban J connectivity index is 0.987. The van der Waals surface area contributed by atoms with Gasteiger partial charge in [0.05, 0.1) is 42.7 Å². The van der Waals surface area contributed by atoms with Crippen LogP contribution in [0.5, 0.6) is 0 Å². The monoisotopic (exact) mass is 850 g/mol. The first kappa shape index (κ1) is 35.7. The molecule has 9 aromatic carbocycles. The molecular weight excluding hydrogens is 817 g/mol. The average molecular weight is 851 g/mol. The van der Waals surface area contributed by atoms with Crippen molar-refractivity contribution < 1.29 is 0 Å². The Bertz CT molecular complexity index is 4190. The molecule has 5 aromatic heterocycles. The highest BCUT2D eigenvalue weighted by molar-refractivity contribution is 7.27. The Kier molecular flexibility index (Phi) is 7.69. The van der Waals surface area contributed by atoms with Crippen molar-refractivity contribution in [1.82, 2.24) is 19.1 Å². The number of benzene rings is 9. The van der Waals surface area contributed by atoms with Crippen molar-refractivity contribution in [2.45, 2.75) is 0 Å². The molecule has 0 radical (unpaired) electrons. The van der Waals surface area contributed by atoms with Crippen LogP contribution >= 0.6 is 22.7 Å². The number of thiophene rings is 2. The molecule has 0 saturated carbocycles. The molecule has 0 aliphatic carbocycles. The Morgan fingerprint density at radius 3 is 1.75 bits per heavy atom.